The number of hydrogen-bond donors (Lipinski definition) is 5. The number of pyridine rings is 1. The quantitative estimate of drug-likeness (QED) is 0.330. The summed E-state index contributed by atoms with van der Waals surface area (Å²) in [6, 6.07) is 1.91. The molecule has 33 heavy (non-hydrogen) atoms. The van der Waals surface area contributed by atoms with Crippen LogP contribution in [-0.4, -0.2) is 59.2 Å². The van der Waals surface area contributed by atoms with E-state index < -0.39 is 23.3 Å². The number of fused-ring (bicyclic) bond motifs is 1. The Morgan fingerprint density at radius 2 is 2.00 bits per heavy atom. The summed E-state index contributed by atoms with van der Waals surface area (Å²) in [7, 11) is 0. The van der Waals surface area contributed by atoms with Gasteiger partial charge < -0.3 is 26.0 Å². The molecule has 2 aliphatic rings. The molecule has 0 amide bonds. The summed E-state index contributed by atoms with van der Waals surface area (Å²) in [5.41, 5.74) is -0.576. The highest BCUT2D eigenvalue weighted by Crippen LogP contribution is 2.43. The molecule has 0 aromatic carbocycles. The second-order valence-electron chi connectivity index (χ2n) is 9.84. The average Bonchev–Trinajstić information content (AvgIpc) is 3.40. The van der Waals surface area contributed by atoms with Crippen LogP contribution >= 0.6 is 11.3 Å². The van der Waals surface area contributed by atoms with Crippen molar-refractivity contribution in [2.24, 2.45) is 11.8 Å². The van der Waals surface area contributed by atoms with Gasteiger partial charge in [-0.3, -0.25) is 4.98 Å². The number of aryl methyl sites for hydroxylation is 1. The number of rotatable bonds is 7. The molecule has 0 radical (unpaired) electrons. The third-order valence-corrected chi connectivity index (χ3v) is 7.74. The Bertz CT molecular complexity index is 1140. The van der Waals surface area contributed by atoms with E-state index in [0.29, 0.717) is 40.4 Å². The Balaban J connectivity index is 1.54. The van der Waals surface area contributed by atoms with Gasteiger partial charge in [0.15, 0.2) is 5.72 Å². The third kappa shape index (κ3) is 4.40. The van der Waals surface area contributed by atoms with E-state index >= 15 is 0 Å². The molecule has 3 aromatic heterocycles. The second kappa shape index (κ2) is 8.12. The van der Waals surface area contributed by atoms with E-state index in [4.69, 9.17) is 9.97 Å². The monoisotopic (exact) mass is 470 g/mol. The van der Waals surface area contributed by atoms with Crippen LogP contribution in [0.25, 0.3) is 20.8 Å². The van der Waals surface area contributed by atoms with E-state index in [1.54, 1.807) is 26.2 Å². The van der Waals surface area contributed by atoms with Gasteiger partial charge in [-0.1, -0.05) is 0 Å². The number of nitrogens with one attached hydrogen (secondary N) is 2. The van der Waals surface area contributed by atoms with E-state index in [9.17, 15) is 15.3 Å². The number of nitrogens with zero attached hydrogens (tertiary/aromatic N) is 4. The van der Waals surface area contributed by atoms with Gasteiger partial charge >= 0.3 is 0 Å². The molecular weight excluding hydrogens is 440 g/mol. The summed E-state index contributed by atoms with van der Waals surface area (Å²) < 4.78 is 0.989. The first kappa shape index (κ1) is 22.4. The number of aliphatic hydroxyl groups excluding tert-OH is 1. The standard InChI is InChI=1S/C23H30N6O3S/c1-12-17(20-27-15-11-24-9-7-16(15)33-20)19(28-21(26-12)25-10-13-4-5-13)29-23(32)8-6-14(18(23)30)22(2,3)31/h7,9,11,13-14,18,30-32H,4-6,8,10H2,1-3H3,(H2,25,26,28,29). The Labute approximate surface area is 196 Å². The van der Waals surface area contributed by atoms with Crippen LogP contribution in [0.1, 0.15) is 45.2 Å². The first-order valence-electron chi connectivity index (χ1n) is 11.4. The van der Waals surface area contributed by atoms with E-state index in [1.165, 1.54) is 24.2 Å². The van der Waals surface area contributed by atoms with E-state index in [0.717, 1.165) is 16.8 Å². The van der Waals surface area contributed by atoms with Crippen LogP contribution < -0.4 is 10.6 Å². The van der Waals surface area contributed by atoms with Crippen LogP contribution in [0.5, 0.6) is 0 Å². The maximum atomic E-state index is 11.4. The van der Waals surface area contributed by atoms with Gasteiger partial charge in [0.05, 0.1) is 27.8 Å². The Morgan fingerprint density at radius 3 is 2.67 bits per heavy atom. The first-order chi connectivity index (χ1) is 15.6. The average molecular weight is 471 g/mol. The highest BCUT2D eigenvalue weighted by atomic mass is 32.1. The lowest BCUT2D eigenvalue weighted by Crippen LogP contribution is -2.51. The van der Waals surface area contributed by atoms with Crippen molar-refractivity contribution in [2.45, 2.75) is 63.9 Å². The summed E-state index contributed by atoms with van der Waals surface area (Å²) in [5.74, 6) is 1.06. The van der Waals surface area contributed by atoms with Crippen LogP contribution in [0.2, 0.25) is 0 Å². The molecular formula is C23H30N6O3S. The highest BCUT2D eigenvalue weighted by molar-refractivity contribution is 7.21. The largest absolute Gasteiger partial charge is 0.390 e. The predicted molar refractivity (Wildman–Crippen MR) is 128 cm³/mol. The zero-order valence-electron chi connectivity index (χ0n) is 19.0. The predicted octanol–water partition coefficient (Wildman–Crippen LogP) is 2.92. The number of thiazole rings is 1. The molecule has 3 heterocycles. The number of aliphatic hydroxyl groups is 3. The summed E-state index contributed by atoms with van der Waals surface area (Å²) in [4.78, 5) is 18.2. The number of anilines is 2. The molecule has 0 saturated heterocycles. The van der Waals surface area contributed by atoms with Gasteiger partial charge in [-0.25, -0.2) is 9.97 Å². The van der Waals surface area contributed by atoms with Gasteiger partial charge in [0, 0.05) is 18.7 Å². The molecule has 3 atom stereocenters. The molecule has 0 aliphatic heterocycles. The molecule has 10 heteroatoms. The molecule has 176 valence electrons. The van der Waals surface area contributed by atoms with Gasteiger partial charge in [-0.2, -0.15) is 4.98 Å². The van der Waals surface area contributed by atoms with E-state index in [1.807, 2.05) is 13.0 Å². The maximum Gasteiger partial charge on any atom is 0.224 e. The van der Waals surface area contributed by atoms with Crippen LogP contribution in [0.15, 0.2) is 18.5 Å². The van der Waals surface area contributed by atoms with Crippen molar-refractivity contribution in [3.05, 3.63) is 24.2 Å². The molecule has 2 saturated carbocycles. The lowest BCUT2D eigenvalue weighted by molar-refractivity contribution is -0.0926. The van der Waals surface area contributed by atoms with Crippen LogP contribution in [-0.2, 0) is 0 Å². The Morgan fingerprint density at radius 1 is 1.21 bits per heavy atom. The highest BCUT2D eigenvalue weighted by Gasteiger charge is 2.52. The number of hydrogen-bond acceptors (Lipinski definition) is 10. The molecule has 5 N–H and O–H groups in total. The Kier molecular flexibility index (Phi) is 5.51. The van der Waals surface area contributed by atoms with Gasteiger partial charge in [-0.05, 0) is 58.4 Å². The summed E-state index contributed by atoms with van der Waals surface area (Å²) in [5, 5.41) is 39.9. The van der Waals surface area contributed by atoms with Crippen molar-refractivity contribution in [1.29, 1.82) is 0 Å². The SMILES string of the molecule is Cc1nc(NCC2CC2)nc(NC2(O)CCC(C(C)(C)O)C2O)c1-c1nc2cnccc2s1. The molecule has 9 nitrogen and oxygen atoms in total. The lowest BCUT2D eigenvalue weighted by Gasteiger charge is -2.34. The fourth-order valence-electron chi connectivity index (χ4n) is 4.54. The minimum atomic E-state index is -1.63. The molecule has 3 aromatic rings. The third-order valence-electron chi connectivity index (χ3n) is 6.69. The number of aromatic nitrogens is 4. The minimum Gasteiger partial charge on any atom is -0.390 e. The lowest BCUT2D eigenvalue weighted by atomic mass is 9.87. The minimum absolute atomic E-state index is 0.278. The molecule has 3 unspecified atom stereocenters. The topological polar surface area (TPSA) is 136 Å². The van der Waals surface area contributed by atoms with Crippen molar-refractivity contribution < 1.29 is 15.3 Å². The second-order valence-corrected chi connectivity index (χ2v) is 10.9. The normalized spacial score (nSPS) is 25.5. The molecule has 2 aliphatic carbocycles. The summed E-state index contributed by atoms with van der Waals surface area (Å²) in [6.45, 7) is 6.01. The molecule has 2 fully saturated rings. The molecule has 0 bridgehead atoms. The molecule has 0 spiro atoms. The maximum absolute atomic E-state index is 11.4. The van der Waals surface area contributed by atoms with Gasteiger partial charge in [0.25, 0.3) is 0 Å². The van der Waals surface area contributed by atoms with Gasteiger partial charge in [0.2, 0.25) is 5.95 Å². The van der Waals surface area contributed by atoms with E-state index in [2.05, 4.69) is 20.6 Å². The fraction of sp³-hybridized carbons (Fsp3) is 0.565. The van der Waals surface area contributed by atoms with Gasteiger partial charge in [0.1, 0.15) is 22.4 Å². The van der Waals surface area contributed by atoms with Gasteiger partial charge in [-0.15, -0.1) is 11.3 Å². The van der Waals surface area contributed by atoms with Crippen LogP contribution in [0.3, 0.4) is 0 Å². The van der Waals surface area contributed by atoms with Crippen LogP contribution in [0.4, 0.5) is 11.8 Å². The first-order valence-corrected chi connectivity index (χ1v) is 12.2. The Hall–Kier alpha value is -2.40. The van der Waals surface area contributed by atoms with Crippen molar-refractivity contribution in [3.63, 3.8) is 0 Å². The van der Waals surface area contributed by atoms with Crippen molar-refractivity contribution in [2.75, 3.05) is 17.2 Å². The fourth-order valence-corrected chi connectivity index (χ4v) is 5.57. The summed E-state index contributed by atoms with van der Waals surface area (Å²) in [6.07, 6.45) is 5.45. The van der Waals surface area contributed by atoms with Crippen molar-refractivity contribution >= 4 is 33.3 Å². The van der Waals surface area contributed by atoms with Crippen molar-refractivity contribution in [1.82, 2.24) is 19.9 Å². The van der Waals surface area contributed by atoms with Crippen LogP contribution in [0, 0.1) is 18.8 Å². The summed E-state index contributed by atoms with van der Waals surface area (Å²) >= 11 is 1.50. The smallest absolute Gasteiger partial charge is 0.224 e. The zero-order valence-corrected chi connectivity index (χ0v) is 19.9. The zero-order chi connectivity index (χ0) is 23.4. The van der Waals surface area contributed by atoms with E-state index in [-0.39, 0.29) is 6.42 Å². The van der Waals surface area contributed by atoms with Crippen molar-refractivity contribution in [3.8, 4) is 10.6 Å². The molecule has 5 rings (SSSR count).